The van der Waals surface area contributed by atoms with Crippen molar-refractivity contribution in [3.8, 4) is 6.07 Å². The fraction of sp³-hybridized carbons (Fsp3) is 0.625. The van der Waals surface area contributed by atoms with Crippen LogP contribution in [0.1, 0.15) is 50.5 Å². The molecule has 3 fully saturated rings. The molecule has 2 saturated heterocycles. The second-order valence-electron chi connectivity index (χ2n) is 9.71. The molecule has 3 amide bonds. The van der Waals surface area contributed by atoms with E-state index in [0.29, 0.717) is 38.8 Å². The summed E-state index contributed by atoms with van der Waals surface area (Å²) in [6, 6.07) is 10.8. The summed E-state index contributed by atoms with van der Waals surface area (Å²) in [7, 11) is 0. The third-order valence-corrected chi connectivity index (χ3v) is 6.98. The lowest BCUT2D eigenvalue weighted by Crippen LogP contribution is -2.59. The van der Waals surface area contributed by atoms with Gasteiger partial charge in [-0.2, -0.15) is 5.26 Å². The van der Waals surface area contributed by atoms with Crippen LogP contribution in [0.15, 0.2) is 30.3 Å². The Morgan fingerprint density at radius 3 is 2.44 bits per heavy atom. The van der Waals surface area contributed by atoms with Crippen LogP contribution in [0.25, 0.3) is 0 Å². The Bertz CT molecular complexity index is 950. The van der Waals surface area contributed by atoms with Gasteiger partial charge in [0.25, 0.3) is 0 Å². The second kappa shape index (κ2) is 9.12. The number of rotatable bonds is 6. The summed E-state index contributed by atoms with van der Waals surface area (Å²) in [6.07, 6.45) is -0.0171. The molecular formula is C24H30F2N4O4. The Kier molecular flexibility index (Phi) is 6.53. The van der Waals surface area contributed by atoms with E-state index in [1.165, 1.54) is 4.90 Å². The van der Waals surface area contributed by atoms with E-state index < -0.39 is 53.5 Å². The highest BCUT2D eigenvalue weighted by molar-refractivity contribution is 5.81. The zero-order valence-corrected chi connectivity index (χ0v) is 19.1. The first-order valence-corrected chi connectivity index (χ1v) is 11.6. The highest BCUT2D eigenvalue weighted by Gasteiger charge is 2.53. The topological polar surface area (TPSA) is 118 Å². The molecule has 1 aromatic carbocycles. The van der Waals surface area contributed by atoms with E-state index in [9.17, 15) is 23.6 Å². The SMILES string of the molecule is CC(F)(F)C[C@H](C(=O)NC1(C#N)CC1)C1OC2(CCN(C(N)=O)CC2)OCC1c1ccccc1. The molecule has 4 rings (SSSR count). The number of nitrogens with one attached hydrogen (secondary N) is 1. The number of halogens is 2. The molecule has 10 heteroatoms. The number of carbonyl (C=O) groups is 2. The Hall–Kier alpha value is -2.77. The molecule has 1 aliphatic carbocycles. The van der Waals surface area contributed by atoms with Gasteiger partial charge in [-0.3, -0.25) is 4.79 Å². The number of hydrogen-bond acceptors (Lipinski definition) is 5. The lowest BCUT2D eigenvalue weighted by molar-refractivity contribution is -0.321. The van der Waals surface area contributed by atoms with Crippen molar-refractivity contribution in [2.24, 2.45) is 11.7 Å². The number of amides is 3. The Morgan fingerprint density at radius 1 is 1.26 bits per heavy atom. The molecule has 3 aliphatic rings. The Morgan fingerprint density at radius 2 is 1.91 bits per heavy atom. The van der Waals surface area contributed by atoms with Crippen molar-refractivity contribution in [1.29, 1.82) is 5.26 Å². The minimum Gasteiger partial charge on any atom is -0.351 e. The molecule has 34 heavy (non-hydrogen) atoms. The van der Waals surface area contributed by atoms with Crippen LogP contribution in [0.4, 0.5) is 13.6 Å². The quantitative estimate of drug-likeness (QED) is 0.655. The summed E-state index contributed by atoms with van der Waals surface area (Å²) in [6.45, 7) is 1.56. The maximum absolute atomic E-state index is 14.3. The molecule has 184 valence electrons. The van der Waals surface area contributed by atoms with Crippen molar-refractivity contribution in [3.05, 3.63) is 35.9 Å². The van der Waals surface area contributed by atoms with Gasteiger partial charge in [0.1, 0.15) is 5.54 Å². The molecule has 0 aromatic heterocycles. The number of nitrogens with two attached hydrogens (primary N) is 1. The third kappa shape index (κ3) is 5.31. The van der Waals surface area contributed by atoms with Gasteiger partial charge in [-0.25, -0.2) is 13.6 Å². The number of primary amides is 1. The normalized spacial score (nSPS) is 26.4. The smallest absolute Gasteiger partial charge is 0.314 e. The van der Waals surface area contributed by atoms with Crippen molar-refractivity contribution >= 4 is 11.9 Å². The first-order chi connectivity index (χ1) is 16.1. The zero-order valence-electron chi connectivity index (χ0n) is 19.1. The van der Waals surface area contributed by atoms with Gasteiger partial charge >= 0.3 is 6.03 Å². The van der Waals surface area contributed by atoms with Crippen LogP contribution in [-0.4, -0.2) is 59.9 Å². The highest BCUT2D eigenvalue weighted by atomic mass is 19.3. The number of ether oxygens (including phenoxy) is 2. The average Bonchev–Trinajstić information content (AvgIpc) is 3.57. The monoisotopic (exact) mass is 476 g/mol. The average molecular weight is 477 g/mol. The molecule has 2 aliphatic heterocycles. The van der Waals surface area contributed by atoms with Crippen LogP contribution in [0.2, 0.25) is 0 Å². The summed E-state index contributed by atoms with van der Waals surface area (Å²) in [5.74, 6) is -6.51. The predicted octanol–water partition coefficient (Wildman–Crippen LogP) is 2.89. The molecule has 0 radical (unpaired) electrons. The predicted molar refractivity (Wildman–Crippen MR) is 118 cm³/mol. The first-order valence-electron chi connectivity index (χ1n) is 11.6. The van der Waals surface area contributed by atoms with Gasteiger partial charge in [-0.1, -0.05) is 30.3 Å². The lowest BCUT2D eigenvalue weighted by Gasteiger charge is -2.50. The van der Waals surface area contributed by atoms with Gasteiger partial charge in [0.05, 0.1) is 24.7 Å². The lowest BCUT2D eigenvalue weighted by atomic mass is 9.81. The van der Waals surface area contributed by atoms with E-state index in [4.69, 9.17) is 15.2 Å². The van der Waals surface area contributed by atoms with Crippen LogP contribution in [0.5, 0.6) is 0 Å². The number of hydrogen-bond donors (Lipinski definition) is 2. The number of benzene rings is 1. The van der Waals surface area contributed by atoms with Crippen molar-refractivity contribution in [2.75, 3.05) is 19.7 Å². The molecule has 1 spiro atoms. The molecule has 0 bridgehead atoms. The van der Waals surface area contributed by atoms with E-state index in [2.05, 4.69) is 11.4 Å². The van der Waals surface area contributed by atoms with Crippen LogP contribution >= 0.6 is 0 Å². The maximum atomic E-state index is 14.3. The molecule has 8 nitrogen and oxygen atoms in total. The van der Waals surface area contributed by atoms with Crippen molar-refractivity contribution in [3.63, 3.8) is 0 Å². The standard InChI is InChI=1S/C24H30F2N4O4/c1-22(25,26)13-17(20(31)29-23(15-27)7-8-23)19-18(16-5-3-2-4-6-16)14-33-24(34-19)9-11-30(12-10-24)21(28)32/h2-6,17-19H,7-14H2,1H3,(H2,28,32)(H,29,31)/t17-,18?,19?/m0/s1. The Balaban J connectivity index is 1.65. The number of piperidine rings is 1. The van der Waals surface area contributed by atoms with Gasteiger partial charge in [-0.05, 0) is 25.3 Å². The summed E-state index contributed by atoms with van der Waals surface area (Å²) in [4.78, 5) is 26.4. The van der Waals surface area contributed by atoms with Crippen molar-refractivity contribution in [1.82, 2.24) is 10.2 Å². The number of nitriles is 1. The number of carbonyl (C=O) groups excluding carboxylic acids is 2. The van der Waals surface area contributed by atoms with Crippen LogP contribution in [-0.2, 0) is 14.3 Å². The van der Waals surface area contributed by atoms with E-state index in [1.807, 2.05) is 30.3 Å². The van der Waals surface area contributed by atoms with Crippen LogP contribution < -0.4 is 11.1 Å². The van der Waals surface area contributed by atoms with E-state index in [0.717, 1.165) is 12.5 Å². The molecular weight excluding hydrogens is 446 g/mol. The summed E-state index contributed by atoms with van der Waals surface area (Å²) >= 11 is 0. The molecule has 3 N–H and O–H groups in total. The maximum Gasteiger partial charge on any atom is 0.314 e. The number of nitrogens with zero attached hydrogens (tertiary/aromatic N) is 2. The molecule has 3 atom stereocenters. The third-order valence-electron chi connectivity index (χ3n) is 6.98. The zero-order chi connectivity index (χ0) is 24.6. The highest BCUT2D eigenvalue weighted by Crippen LogP contribution is 2.44. The molecule has 1 saturated carbocycles. The van der Waals surface area contributed by atoms with E-state index in [1.54, 1.807) is 0 Å². The summed E-state index contributed by atoms with van der Waals surface area (Å²) in [5.41, 5.74) is 5.21. The molecule has 2 unspecified atom stereocenters. The summed E-state index contributed by atoms with van der Waals surface area (Å²) in [5, 5.41) is 12.1. The van der Waals surface area contributed by atoms with E-state index >= 15 is 0 Å². The van der Waals surface area contributed by atoms with Gasteiger partial charge in [0.15, 0.2) is 5.79 Å². The minimum absolute atomic E-state index is 0.174. The summed E-state index contributed by atoms with van der Waals surface area (Å²) < 4.78 is 41.2. The number of likely N-dealkylation sites (tertiary alicyclic amines) is 1. The number of alkyl halides is 2. The van der Waals surface area contributed by atoms with Gasteiger partial charge < -0.3 is 25.4 Å². The second-order valence-corrected chi connectivity index (χ2v) is 9.71. The van der Waals surface area contributed by atoms with Crippen LogP contribution in [0, 0.1) is 17.2 Å². The van der Waals surface area contributed by atoms with Gasteiger partial charge in [0, 0.05) is 38.3 Å². The Labute approximate surface area is 197 Å². The first kappa shape index (κ1) is 24.4. The fourth-order valence-electron chi connectivity index (χ4n) is 4.84. The fourth-order valence-corrected chi connectivity index (χ4v) is 4.84. The van der Waals surface area contributed by atoms with E-state index in [-0.39, 0.29) is 6.61 Å². The van der Waals surface area contributed by atoms with Gasteiger partial charge in [-0.15, -0.1) is 0 Å². The molecule has 1 aromatic rings. The van der Waals surface area contributed by atoms with Crippen LogP contribution in [0.3, 0.4) is 0 Å². The minimum atomic E-state index is -3.13. The van der Waals surface area contributed by atoms with Crippen molar-refractivity contribution in [2.45, 2.75) is 68.3 Å². The van der Waals surface area contributed by atoms with Crippen molar-refractivity contribution < 1.29 is 27.8 Å². The number of urea groups is 1. The van der Waals surface area contributed by atoms with Gasteiger partial charge in [0.2, 0.25) is 11.8 Å². The molecule has 2 heterocycles. The largest absolute Gasteiger partial charge is 0.351 e.